The number of aromatic nitrogens is 3. The number of aromatic amines is 1. The molecule has 8 nitrogen and oxygen atoms in total. The van der Waals surface area contributed by atoms with Crippen LogP contribution in [0.5, 0.6) is 0 Å². The number of para-hydroxylation sites is 1. The van der Waals surface area contributed by atoms with Crippen LogP contribution in [-0.2, 0) is 19.4 Å². The summed E-state index contributed by atoms with van der Waals surface area (Å²) in [5.41, 5.74) is 8.17. The van der Waals surface area contributed by atoms with Gasteiger partial charge in [-0.1, -0.05) is 51.8 Å². The Labute approximate surface area is 193 Å². The lowest BCUT2D eigenvalue weighted by Crippen LogP contribution is -2.41. The smallest absolute Gasteiger partial charge is 0.330 e. The van der Waals surface area contributed by atoms with Gasteiger partial charge in [-0.15, -0.1) is 0 Å². The van der Waals surface area contributed by atoms with E-state index in [0.29, 0.717) is 18.5 Å². The summed E-state index contributed by atoms with van der Waals surface area (Å²) in [6, 6.07) is 7.55. The highest BCUT2D eigenvalue weighted by molar-refractivity contribution is 6.15. The third-order valence-corrected chi connectivity index (χ3v) is 5.91. The van der Waals surface area contributed by atoms with E-state index >= 15 is 0 Å². The van der Waals surface area contributed by atoms with E-state index in [2.05, 4.69) is 11.9 Å². The number of anilines is 2. The van der Waals surface area contributed by atoms with Gasteiger partial charge in [-0.25, -0.2) is 4.79 Å². The van der Waals surface area contributed by atoms with Crippen molar-refractivity contribution in [1.82, 2.24) is 14.5 Å². The molecule has 3 aromatic rings. The van der Waals surface area contributed by atoms with Crippen molar-refractivity contribution in [2.45, 2.75) is 66.3 Å². The van der Waals surface area contributed by atoms with Crippen LogP contribution >= 0.6 is 0 Å². The molecule has 0 spiro atoms. The van der Waals surface area contributed by atoms with Crippen molar-refractivity contribution in [1.29, 1.82) is 0 Å². The van der Waals surface area contributed by atoms with E-state index < -0.39 is 11.2 Å². The average molecular weight is 452 g/mol. The number of amides is 1. The predicted octanol–water partition coefficient (Wildman–Crippen LogP) is 3.65. The molecule has 0 radical (unpaired) electrons. The van der Waals surface area contributed by atoms with Gasteiger partial charge in [0.2, 0.25) is 0 Å². The molecule has 8 heteroatoms. The number of nitrogen functional groups attached to an aromatic ring is 1. The van der Waals surface area contributed by atoms with Crippen molar-refractivity contribution >= 4 is 28.3 Å². The van der Waals surface area contributed by atoms with Crippen LogP contribution in [0.4, 0.5) is 11.5 Å². The minimum absolute atomic E-state index is 0.0117. The fraction of sp³-hybridized carbons (Fsp3) is 0.440. The van der Waals surface area contributed by atoms with Crippen molar-refractivity contribution in [2.75, 3.05) is 17.2 Å². The van der Waals surface area contributed by atoms with Crippen molar-refractivity contribution in [3.8, 4) is 0 Å². The fourth-order valence-corrected chi connectivity index (χ4v) is 4.29. The Kier molecular flexibility index (Phi) is 7.68. The predicted molar refractivity (Wildman–Crippen MR) is 133 cm³/mol. The number of benzene rings is 1. The number of nitrogens with zero attached hydrogens (tertiary/aromatic N) is 3. The molecule has 0 saturated carbocycles. The second kappa shape index (κ2) is 10.5. The van der Waals surface area contributed by atoms with Crippen LogP contribution in [0.2, 0.25) is 0 Å². The Balaban J connectivity index is 2.27. The van der Waals surface area contributed by atoms with E-state index in [1.165, 1.54) is 9.47 Å². The van der Waals surface area contributed by atoms with Gasteiger partial charge in [0.25, 0.3) is 11.5 Å². The number of nitrogens with one attached hydrogen (secondary N) is 1. The summed E-state index contributed by atoms with van der Waals surface area (Å²) in [6.45, 7) is 8.47. The Morgan fingerprint density at radius 2 is 1.85 bits per heavy atom. The number of hydrogen-bond acceptors (Lipinski definition) is 5. The summed E-state index contributed by atoms with van der Waals surface area (Å²) < 4.78 is 1.34. The quantitative estimate of drug-likeness (QED) is 0.515. The number of unbranched alkanes of at least 4 members (excludes halogenated alkanes) is 1. The zero-order chi connectivity index (χ0) is 24.1. The van der Waals surface area contributed by atoms with Crippen LogP contribution in [0.25, 0.3) is 10.9 Å². The topological polar surface area (TPSA) is 114 Å². The first-order chi connectivity index (χ1) is 15.9. The Morgan fingerprint density at radius 3 is 2.48 bits per heavy atom. The van der Waals surface area contributed by atoms with E-state index in [-0.39, 0.29) is 24.0 Å². The van der Waals surface area contributed by atoms with Crippen molar-refractivity contribution in [2.24, 2.45) is 0 Å². The van der Waals surface area contributed by atoms with Gasteiger partial charge in [0.1, 0.15) is 5.82 Å². The summed E-state index contributed by atoms with van der Waals surface area (Å²) in [7, 11) is 0. The number of aryl methyl sites for hydroxylation is 1. The molecule has 0 aliphatic rings. The van der Waals surface area contributed by atoms with Crippen LogP contribution in [-0.4, -0.2) is 27.0 Å². The molecule has 1 amide bonds. The number of nitrogens with two attached hydrogens (primary N) is 1. The maximum absolute atomic E-state index is 14.0. The number of carbonyl (C=O) groups excluding carboxylic acids is 1. The second-order valence-electron chi connectivity index (χ2n) is 8.08. The maximum Gasteiger partial charge on any atom is 0.330 e. The first-order valence-electron chi connectivity index (χ1n) is 11.7. The summed E-state index contributed by atoms with van der Waals surface area (Å²) in [5, 5.41) is 0.743. The van der Waals surface area contributed by atoms with E-state index in [1.807, 2.05) is 38.1 Å². The Hall–Kier alpha value is -3.42. The number of rotatable bonds is 9. The molecule has 176 valence electrons. The molecule has 3 N–H and O–H groups in total. The van der Waals surface area contributed by atoms with Gasteiger partial charge in [-0.05, 0) is 37.8 Å². The number of H-pyrrole nitrogens is 1. The molecular weight excluding hydrogens is 418 g/mol. The van der Waals surface area contributed by atoms with E-state index in [4.69, 9.17) is 10.7 Å². The molecule has 2 heterocycles. The minimum Gasteiger partial charge on any atom is -0.383 e. The standard InChI is InChI=1S/C25H33N5O3/c1-5-9-15-30-22(26)21(23(31)28-25(30)33)29(8-4)24(32)20-16(7-3)18(12-6-2)27-19-14-11-10-13-17(19)20/h10-11,13-14H,5-9,12,15,26H2,1-4H3,(H,28,31,33). The Morgan fingerprint density at radius 1 is 1.12 bits per heavy atom. The first-order valence-corrected chi connectivity index (χ1v) is 11.7. The van der Waals surface area contributed by atoms with Gasteiger partial charge in [0.15, 0.2) is 5.69 Å². The van der Waals surface area contributed by atoms with Crippen LogP contribution < -0.4 is 21.9 Å². The zero-order valence-electron chi connectivity index (χ0n) is 19.9. The maximum atomic E-state index is 14.0. The molecule has 0 bridgehead atoms. The summed E-state index contributed by atoms with van der Waals surface area (Å²) in [5.74, 6) is -0.305. The first kappa shape index (κ1) is 24.2. The molecule has 0 unspecified atom stereocenters. The lowest BCUT2D eigenvalue weighted by atomic mass is 9.95. The van der Waals surface area contributed by atoms with E-state index in [1.54, 1.807) is 6.92 Å². The molecule has 33 heavy (non-hydrogen) atoms. The molecule has 3 rings (SSSR count). The minimum atomic E-state index is -0.661. The second-order valence-corrected chi connectivity index (χ2v) is 8.08. The van der Waals surface area contributed by atoms with E-state index in [9.17, 15) is 14.4 Å². The lowest BCUT2D eigenvalue weighted by molar-refractivity contribution is 0.0988. The number of carbonyl (C=O) groups is 1. The Bertz CT molecular complexity index is 1280. The van der Waals surface area contributed by atoms with Gasteiger partial charge in [0.05, 0.1) is 11.1 Å². The van der Waals surface area contributed by atoms with Crippen LogP contribution in [0, 0.1) is 0 Å². The third kappa shape index (κ3) is 4.55. The van der Waals surface area contributed by atoms with E-state index in [0.717, 1.165) is 47.8 Å². The molecule has 2 aromatic heterocycles. The molecular formula is C25H33N5O3. The van der Waals surface area contributed by atoms with Crippen LogP contribution in [0.15, 0.2) is 33.9 Å². The molecule has 0 fully saturated rings. The molecule has 0 aliphatic carbocycles. The normalized spacial score (nSPS) is 11.2. The summed E-state index contributed by atoms with van der Waals surface area (Å²) >= 11 is 0. The molecule has 0 saturated heterocycles. The zero-order valence-corrected chi connectivity index (χ0v) is 19.9. The summed E-state index contributed by atoms with van der Waals surface area (Å²) in [6.07, 6.45) is 3.88. The van der Waals surface area contributed by atoms with Gasteiger partial charge in [-0.3, -0.25) is 24.1 Å². The van der Waals surface area contributed by atoms with Crippen molar-refractivity contribution in [3.05, 3.63) is 61.9 Å². The highest BCUT2D eigenvalue weighted by Crippen LogP contribution is 2.29. The van der Waals surface area contributed by atoms with Gasteiger partial charge in [0, 0.05) is 24.2 Å². The number of pyridine rings is 1. The van der Waals surface area contributed by atoms with Gasteiger partial charge < -0.3 is 10.6 Å². The highest BCUT2D eigenvalue weighted by Gasteiger charge is 2.28. The largest absolute Gasteiger partial charge is 0.383 e. The monoisotopic (exact) mass is 451 g/mol. The third-order valence-electron chi connectivity index (χ3n) is 5.91. The molecule has 0 atom stereocenters. The lowest BCUT2D eigenvalue weighted by Gasteiger charge is -2.25. The molecule has 0 aliphatic heterocycles. The van der Waals surface area contributed by atoms with Gasteiger partial charge in [-0.2, -0.15) is 0 Å². The van der Waals surface area contributed by atoms with Crippen LogP contribution in [0.3, 0.4) is 0 Å². The number of fused-ring (bicyclic) bond motifs is 1. The van der Waals surface area contributed by atoms with Crippen molar-refractivity contribution < 1.29 is 4.79 Å². The van der Waals surface area contributed by atoms with Crippen LogP contribution in [0.1, 0.15) is 68.6 Å². The number of hydrogen-bond donors (Lipinski definition) is 2. The molecule has 1 aromatic carbocycles. The average Bonchev–Trinajstić information content (AvgIpc) is 2.80. The summed E-state index contributed by atoms with van der Waals surface area (Å²) in [4.78, 5) is 47.8. The van der Waals surface area contributed by atoms with Gasteiger partial charge >= 0.3 is 5.69 Å². The van der Waals surface area contributed by atoms with Crippen molar-refractivity contribution in [3.63, 3.8) is 0 Å². The SMILES string of the molecule is CCCCn1c(N)c(N(CC)C(=O)c2c(CC)c(CCC)nc3ccccc23)c(=O)[nH]c1=O. The fourth-order valence-electron chi connectivity index (χ4n) is 4.29. The highest BCUT2D eigenvalue weighted by atomic mass is 16.2.